The summed E-state index contributed by atoms with van der Waals surface area (Å²) in [5.74, 6) is 0.0968. The molecule has 4 rings (SSSR count). The molecule has 176 valence electrons. The van der Waals surface area contributed by atoms with E-state index in [2.05, 4.69) is 10.0 Å². The largest absolute Gasteiger partial charge is 0.348 e. The van der Waals surface area contributed by atoms with Crippen LogP contribution in [-0.4, -0.2) is 43.5 Å². The molecule has 33 heavy (non-hydrogen) atoms. The number of benzene rings is 2. The van der Waals surface area contributed by atoms with Gasteiger partial charge in [0.05, 0.1) is 12.3 Å². The quantitative estimate of drug-likeness (QED) is 0.674. The molecule has 2 amide bonds. The van der Waals surface area contributed by atoms with Gasteiger partial charge in [0, 0.05) is 17.3 Å². The number of anilines is 1. The zero-order valence-corrected chi connectivity index (χ0v) is 19.8. The van der Waals surface area contributed by atoms with E-state index < -0.39 is 16.1 Å². The van der Waals surface area contributed by atoms with Crippen molar-refractivity contribution in [3.63, 3.8) is 0 Å². The normalized spacial score (nSPS) is 23.5. The van der Waals surface area contributed by atoms with Crippen LogP contribution in [0, 0.1) is 5.92 Å². The molecule has 1 aliphatic carbocycles. The zero-order chi connectivity index (χ0) is 23.6. The van der Waals surface area contributed by atoms with Crippen LogP contribution in [0.2, 0.25) is 0 Å². The van der Waals surface area contributed by atoms with Crippen LogP contribution in [0.25, 0.3) is 0 Å². The van der Waals surface area contributed by atoms with E-state index in [0.717, 1.165) is 37.5 Å². The summed E-state index contributed by atoms with van der Waals surface area (Å²) in [6.07, 6.45) is 5.97. The van der Waals surface area contributed by atoms with E-state index >= 15 is 0 Å². The van der Waals surface area contributed by atoms with Gasteiger partial charge in [-0.15, -0.1) is 0 Å². The minimum atomic E-state index is -3.39. The molecular formula is C25H31N3O4S. The third kappa shape index (κ3) is 5.38. The SMILES string of the molecule is CC(NC(=O)C1CC2CCCCC2N1C(=O)c1ccccc1)c1cccc(NS(C)(=O)=O)c1. The van der Waals surface area contributed by atoms with Gasteiger partial charge in [-0.25, -0.2) is 8.42 Å². The van der Waals surface area contributed by atoms with E-state index in [-0.39, 0.29) is 23.9 Å². The Morgan fingerprint density at radius 2 is 1.76 bits per heavy atom. The first-order valence-electron chi connectivity index (χ1n) is 11.5. The number of rotatable bonds is 6. The van der Waals surface area contributed by atoms with E-state index in [4.69, 9.17) is 0 Å². The lowest BCUT2D eigenvalue weighted by Crippen LogP contribution is -2.50. The summed E-state index contributed by atoms with van der Waals surface area (Å²) in [4.78, 5) is 28.7. The van der Waals surface area contributed by atoms with Gasteiger partial charge in [0.15, 0.2) is 0 Å². The Labute approximate surface area is 195 Å². The van der Waals surface area contributed by atoms with Crippen LogP contribution in [0.3, 0.4) is 0 Å². The smallest absolute Gasteiger partial charge is 0.254 e. The Balaban J connectivity index is 1.53. The summed E-state index contributed by atoms with van der Waals surface area (Å²) in [6, 6.07) is 15.4. The van der Waals surface area contributed by atoms with E-state index in [9.17, 15) is 18.0 Å². The highest BCUT2D eigenvalue weighted by atomic mass is 32.2. The Morgan fingerprint density at radius 1 is 1.03 bits per heavy atom. The maximum absolute atomic E-state index is 13.4. The summed E-state index contributed by atoms with van der Waals surface area (Å²) in [5.41, 5.74) is 1.84. The second-order valence-corrected chi connectivity index (χ2v) is 10.9. The highest BCUT2D eigenvalue weighted by Gasteiger charge is 2.47. The Hall–Kier alpha value is -2.87. The van der Waals surface area contributed by atoms with Gasteiger partial charge >= 0.3 is 0 Å². The summed E-state index contributed by atoms with van der Waals surface area (Å²) in [5, 5.41) is 3.06. The highest BCUT2D eigenvalue weighted by Crippen LogP contribution is 2.40. The molecule has 2 N–H and O–H groups in total. The zero-order valence-electron chi connectivity index (χ0n) is 19.0. The predicted molar refractivity (Wildman–Crippen MR) is 128 cm³/mol. The van der Waals surface area contributed by atoms with Crippen molar-refractivity contribution in [2.75, 3.05) is 11.0 Å². The number of fused-ring (bicyclic) bond motifs is 1. The van der Waals surface area contributed by atoms with Gasteiger partial charge in [-0.1, -0.05) is 43.2 Å². The monoisotopic (exact) mass is 469 g/mol. The van der Waals surface area contributed by atoms with Crippen LogP contribution < -0.4 is 10.0 Å². The van der Waals surface area contributed by atoms with Crippen LogP contribution in [0.4, 0.5) is 5.69 Å². The fraction of sp³-hybridized carbons (Fsp3) is 0.440. The standard InChI is InChI=1S/C25H31N3O4S/c1-17(19-12-8-13-21(15-19)27-33(2,31)32)26-24(29)23-16-20-11-6-7-14-22(20)28(23)25(30)18-9-4-3-5-10-18/h3-5,8-10,12-13,15,17,20,22-23,27H,6-7,11,14,16H2,1-2H3,(H,26,29). The van der Waals surface area contributed by atoms with Gasteiger partial charge < -0.3 is 10.2 Å². The molecule has 2 aromatic rings. The number of carbonyl (C=O) groups excluding carboxylic acids is 2. The molecular weight excluding hydrogens is 438 g/mol. The first kappa shape index (κ1) is 23.3. The molecule has 0 radical (unpaired) electrons. The average Bonchev–Trinajstić information content (AvgIpc) is 3.18. The van der Waals surface area contributed by atoms with E-state index in [1.165, 1.54) is 0 Å². The van der Waals surface area contributed by atoms with E-state index in [0.29, 0.717) is 23.6 Å². The Morgan fingerprint density at radius 3 is 2.48 bits per heavy atom. The molecule has 2 aromatic carbocycles. The first-order valence-corrected chi connectivity index (χ1v) is 13.4. The minimum absolute atomic E-state index is 0.0860. The van der Waals surface area contributed by atoms with Gasteiger partial charge in [-0.3, -0.25) is 14.3 Å². The second-order valence-electron chi connectivity index (χ2n) is 9.17. The molecule has 2 fully saturated rings. The number of nitrogens with zero attached hydrogens (tertiary/aromatic N) is 1. The summed E-state index contributed by atoms with van der Waals surface area (Å²) < 4.78 is 25.6. The summed E-state index contributed by atoms with van der Waals surface area (Å²) in [7, 11) is -3.39. The number of hydrogen-bond donors (Lipinski definition) is 2. The third-order valence-electron chi connectivity index (χ3n) is 6.69. The third-order valence-corrected chi connectivity index (χ3v) is 7.30. The number of likely N-dealkylation sites (tertiary alicyclic amines) is 1. The Kier molecular flexibility index (Phi) is 6.74. The van der Waals surface area contributed by atoms with Crippen molar-refractivity contribution >= 4 is 27.5 Å². The van der Waals surface area contributed by atoms with Crippen molar-refractivity contribution in [2.24, 2.45) is 5.92 Å². The van der Waals surface area contributed by atoms with Crippen molar-refractivity contribution in [1.29, 1.82) is 0 Å². The molecule has 0 aromatic heterocycles. The van der Waals surface area contributed by atoms with Crippen LogP contribution in [0.15, 0.2) is 54.6 Å². The number of nitrogens with one attached hydrogen (secondary N) is 2. The van der Waals surface area contributed by atoms with Crippen molar-refractivity contribution in [3.8, 4) is 0 Å². The highest BCUT2D eigenvalue weighted by molar-refractivity contribution is 7.92. The molecule has 1 saturated heterocycles. The topological polar surface area (TPSA) is 95.6 Å². The Bertz CT molecular complexity index is 1120. The predicted octanol–water partition coefficient (Wildman–Crippen LogP) is 3.71. The second kappa shape index (κ2) is 9.55. The lowest BCUT2D eigenvalue weighted by atomic mass is 9.84. The number of hydrogen-bond acceptors (Lipinski definition) is 4. The molecule has 4 atom stereocenters. The minimum Gasteiger partial charge on any atom is -0.348 e. The number of sulfonamides is 1. The molecule has 1 aliphatic heterocycles. The molecule has 4 unspecified atom stereocenters. The molecule has 1 saturated carbocycles. The maximum Gasteiger partial charge on any atom is 0.254 e. The first-order chi connectivity index (χ1) is 15.7. The van der Waals surface area contributed by atoms with Crippen molar-refractivity contribution in [3.05, 3.63) is 65.7 Å². The fourth-order valence-electron chi connectivity index (χ4n) is 5.19. The van der Waals surface area contributed by atoms with Gasteiger partial charge in [0.1, 0.15) is 6.04 Å². The van der Waals surface area contributed by atoms with E-state index in [1.807, 2.05) is 36.1 Å². The molecule has 0 spiro atoms. The lowest BCUT2D eigenvalue weighted by Gasteiger charge is -2.34. The van der Waals surface area contributed by atoms with E-state index in [1.54, 1.807) is 30.3 Å². The molecule has 1 heterocycles. The van der Waals surface area contributed by atoms with Gasteiger partial charge in [0.25, 0.3) is 5.91 Å². The van der Waals surface area contributed by atoms with Gasteiger partial charge in [-0.2, -0.15) is 0 Å². The molecule has 7 nitrogen and oxygen atoms in total. The summed E-state index contributed by atoms with van der Waals surface area (Å²) >= 11 is 0. The molecule has 0 bridgehead atoms. The van der Waals surface area contributed by atoms with Crippen LogP contribution in [0.5, 0.6) is 0 Å². The van der Waals surface area contributed by atoms with Crippen LogP contribution in [-0.2, 0) is 14.8 Å². The fourth-order valence-corrected chi connectivity index (χ4v) is 5.75. The lowest BCUT2D eigenvalue weighted by molar-refractivity contribution is -0.125. The number of amides is 2. The van der Waals surface area contributed by atoms with Crippen molar-refractivity contribution < 1.29 is 18.0 Å². The molecule has 2 aliphatic rings. The van der Waals surface area contributed by atoms with Gasteiger partial charge in [-0.05, 0) is 61.9 Å². The van der Waals surface area contributed by atoms with Crippen LogP contribution in [0.1, 0.15) is 61.0 Å². The van der Waals surface area contributed by atoms with Crippen LogP contribution >= 0.6 is 0 Å². The maximum atomic E-state index is 13.4. The molecule has 8 heteroatoms. The number of carbonyl (C=O) groups is 2. The van der Waals surface area contributed by atoms with Crippen molar-refractivity contribution in [1.82, 2.24) is 10.2 Å². The van der Waals surface area contributed by atoms with Gasteiger partial charge in [0.2, 0.25) is 15.9 Å². The summed E-state index contributed by atoms with van der Waals surface area (Å²) in [6.45, 7) is 1.86. The van der Waals surface area contributed by atoms with Crippen molar-refractivity contribution in [2.45, 2.75) is 57.2 Å². The average molecular weight is 470 g/mol.